The molecule has 11 heteroatoms. The van der Waals surface area contributed by atoms with Crippen LogP contribution >= 0.6 is 11.8 Å². The van der Waals surface area contributed by atoms with E-state index in [-0.39, 0.29) is 29.2 Å². The predicted octanol–water partition coefficient (Wildman–Crippen LogP) is -0.779. The van der Waals surface area contributed by atoms with E-state index < -0.39 is 0 Å². The van der Waals surface area contributed by atoms with Gasteiger partial charge in [-0.3, -0.25) is 4.52 Å². The van der Waals surface area contributed by atoms with Gasteiger partial charge in [-0.25, -0.2) is 15.0 Å². The highest BCUT2D eigenvalue weighted by Crippen LogP contribution is 2.17. The molecule has 0 saturated carbocycles. The van der Waals surface area contributed by atoms with Crippen molar-refractivity contribution in [2.75, 3.05) is 35.3 Å². The second kappa shape index (κ2) is 7.34. The Morgan fingerprint density at radius 3 is 2.71 bits per heavy atom. The molecule has 0 aliphatic carbocycles. The molecule has 0 atom stereocenters. The molecule has 24 heavy (non-hydrogen) atoms. The Hall–Kier alpha value is -2.56. The topological polar surface area (TPSA) is 146 Å². The Morgan fingerprint density at radius 1 is 1.29 bits per heavy atom. The number of aliphatic imine (C=N–C) groups is 1. The quantitative estimate of drug-likeness (QED) is 0.233. The van der Waals surface area contributed by atoms with Crippen molar-refractivity contribution in [3.8, 4) is 0 Å². The lowest BCUT2D eigenvalue weighted by Crippen LogP contribution is -2.60. The normalized spacial score (nSPS) is 15.7. The monoisotopic (exact) mass is 350 g/mol. The van der Waals surface area contributed by atoms with Crippen LogP contribution in [0.2, 0.25) is 0 Å². The van der Waals surface area contributed by atoms with Crippen LogP contribution in [0.5, 0.6) is 0 Å². The molecule has 0 amide bonds. The van der Waals surface area contributed by atoms with Gasteiger partial charge in [0.25, 0.3) is 6.20 Å². The van der Waals surface area contributed by atoms with Crippen LogP contribution in [-0.2, 0) is 0 Å². The zero-order chi connectivity index (χ0) is 16.9. The van der Waals surface area contributed by atoms with E-state index in [1.165, 1.54) is 12.5 Å². The van der Waals surface area contributed by atoms with E-state index >= 15 is 0 Å². The van der Waals surface area contributed by atoms with Gasteiger partial charge in [0.1, 0.15) is 11.6 Å². The van der Waals surface area contributed by atoms with Crippen LogP contribution in [0.25, 0.3) is 0 Å². The Morgan fingerprint density at radius 2 is 2.00 bits per heavy atom. The Labute approximate surface area is 142 Å². The molecule has 4 N–H and O–H groups in total. The van der Waals surface area contributed by atoms with Crippen LogP contribution in [0.4, 0.5) is 17.5 Å². The third kappa shape index (κ3) is 4.25. The fourth-order valence-electron chi connectivity index (χ4n) is 2.30. The maximum Gasteiger partial charge on any atom is 0.324 e. The average molecular weight is 350 g/mol. The van der Waals surface area contributed by atoms with Crippen LogP contribution in [0.3, 0.4) is 0 Å². The van der Waals surface area contributed by atoms with Gasteiger partial charge in [-0.15, -0.1) is 0 Å². The molecular formula is C13H18N8O2S. The maximum absolute atomic E-state index is 11.9. The molecule has 2 aromatic heterocycles. The van der Waals surface area contributed by atoms with Crippen molar-refractivity contribution in [2.24, 2.45) is 4.99 Å². The lowest BCUT2D eigenvalue weighted by Gasteiger charge is -2.17. The average Bonchev–Trinajstić information content (AvgIpc) is 3.01. The number of anilines is 2. The smallest absolute Gasteiger partial charge is 0.324 e. The minimum Gasteiger partial charge on any atom is -0.861 e. The number of aromatic nitrogens is 4. The van der Waals surface area contributed by atoms with Gasteiger partial charge in [0, 0.05) is 11.8 Å². The summed E-state index contributed by atoms with van der Waals surface area (Å²) in [7, 11) is 0. The van der Waals surface area contributed by atoms with Crippen LogP contribution in [0.1, 0.15) is 19.3 Å². The van der Waals surface area contributed by atoms with Gasteiger partial charge in [0.15, 0.2) is 5.16 Å². The number of nitrogen functional groups attached to an aromatic ring is 2. The molecule has 1 fully saturated rings. The fraction of sp³-hybridized carbons (Fsp3) is 0.462. The first-order valence-electron chi connectivity index (χ1n) is 7.51. The lowest BCUT2D eigenvalue weighted by atomic mass is 10.2. The van der Waals surface area contributed by atoms with Gasteiger partial charge < -0.3 is 16.6 Å². The first kappa shape index (κ1) is 16.3. The third-order valence-corrected chi connectivity index (χ3v) is 4.20. The fourth-order valence-corrected chi connectivity index (χ4v) is 2.96. The molecule has 1 aliphatic heterocycles. The first-order valence-corrected chi connectivity index (χ1v) is 8.50. The van der Waals surface area contributed by atoms with Gasteiger partial charge >= 0.3 is 5.88 Å². The zero-order valence-electron chi connectivity index (χ0n) is 13.0. The summed E-state index contributed by atoms with van der Waals surface area (Å²) >= 11 is 1.11. The highest BCUT2D eigenvalue weighted by Gasteiger charge is 2.22. The summed E-state index contributed by atoms with van der Waals surface area (Å²) in [6, 6.07) is 1.45. The van der Waals surface area contributed by atoms with E-state index in [1.54, 1.807) is 11.0 Å². The molecule has 128 valence electrons. The number of nitrogens with zero attached hydrogens (tertiary/aromatic N) is 6. The standard InChI is InChI=1S/C13H18N8O2S/c14-9-6-10(15)17-13(16-9)24-8-11(22)18-12-7-21(19-23-12)20-4-2-1-3-5-20/h6-7H,1-5,8H2,(H4-,14,15,16,17,18,19,22). The number of hydrogen-bond donors (Lipinski definition) is 2. The van der Waals surface area contributed by atoms with E-state index in [0.29, 0.717) is 5.16 Å². The van der Waals surface area contributed by atoms with Crippen molar-refractivity contribution in [1.29, 1.82) is 0 Å². The minimum atomic E-state index is -0.383. The molecule has 0 bridgehead atoms. The van der Waals surface area contributed by atoms with Crippen molar-refractivity contribution >= 4 is 35.2 Å². The SMILES string of the molecule is Nc1cc(N)nc(SC/C([O-])=N/c2c[n+](N3CCCCC3)no2)n1. The van der Waals surface area contributed by atoms with Gasteiger partial charge in [-0.2, -0.15) is 5.01 Å². The molecule has 1 saturated heterocycles. The summed E-state index contributed by atoms with van der Waals surface area (Å²) in [5, 5.41) is 18.2. The Kier molecular flexibility index (Phi) is 4.99. The van der Waals surface area contributed by atoms with E-state index in [0.717, 1.165) is 37.7 Å². The highest BCUT2D eigenvalue weighted by atomic mass is 32.2. The van der Waals surface area contributed by atoms with Crippen molar-refractivity contribution in [3.63, 3.8) is 0 Å². The number of thioether (sulfide) groups is 1. The van der Waals surface area contributed by atoms with Crippen molar-refractivity contribution in [1.82, 2.24) is 15.2 Å². The maximum atomic E-state index is 11.9. The molecule has 3 heterocycles. The molecule has 0 radical (unpaired) electrons. The van der Waals surface area contributed by atoms with E-state index in [2.05, 4.69) is 25.2 Å². The van der Waals surface area contributed by atoms with Crippen LogP contribution in [0.15, 0.2) is 26.9 Å². The van der Waals surface area contributed by atoms with Gasteiger partial charge in [0.05, 0.1) is 17.9 Å². The summed E-state index contributed by atoms with van der Waals surface area (Å²) in [4.78, 5) is 13.5. The van der Waals surface area contributed by atoms with Crippen LogP contribution in [-0.4, -0.2) is 40.0 Å². The van der Waals surface area contributed by atoms with Crippen molar-refractivity contribution in [2.45, 2.75) is 24.4 Å². The third-order valence-electron chi connectivity index (χ3n) is 3.37. The molecule has 3 rings (SSSR count). The van der Waals surface area contributed by atoms with Crippen molar-refractivity contribution in [3.05, 3.63) is 12.3 Å². The molecule has 1 aliphatic rings. The number of piperidine rings is 1. The summed E-state index contributed by atoms with van der Waals surface area (Å²) < 4.78 is 5.08. The molecule has 0 spiro atoms. The lowest BCUT2D eigenvalue weighted by molar-refractivity contribution is -0.759. The summed E-state index contributed by atoms with van der Waals surface area (Å²) in [6.45, 7) is 1.82. The second-order valence-electron chi connectivity index (χ2n) is 5.27. The van der Waals surface area contributed by atoms with Crippen LogP contribution < -0.4 is 26.4 Å². The number of rotatable bonds is 5. The van der Waals surface area contributed by atoms with Gasteiger partial charge in [-0.1, -0.05) is 11.8 Å². The molecule has 10 nitrogen and oxygen atoms in total. The van der Waals surface area contributed by atoms with Crippen molar-refractivity contribution < 1.29 is 14.4 Å². The molecule has 0 unspecified atom stereocenters. The predicted molar refractivity (Wildman–Crippen MR) is 87.2 cm³/mol. The Bertz CT molecular complexity index is 708. The van der Waals surface area contributed by atoms with Gasteiger partial charge in [0.2, 0.25) is 5.27 Å². The molecule has 2 aromatic rings. The highest BCUT2D eigenvalue weighted by molar-refractivity contribution is 7.99. The number of hydrogen-bond acceptors (Lipinski definition) is 10. The second-order valence-corrected chi connectivity index (χ2v) is 6.21. The van der Waals surface area contributed by atoms with E-state index in [9.17, 15) is 5.11 Å². The first-order chi connectivity index (χ1) is 11.6. The van der Waals surface area contributed by atoms with Gasteiger partial charge in [-0.05, 0) is 25.2 Å². The minimum absolute atomic E-state index is 0.0489. The van der Waals surface area contributed by atoms with Crippen LogP contribution in [0, 0.1) is 0 Å². The Balaban J connectivity index is 1.60. The summed E-state index contributed by atoms with van der Waals surface area (Å²) in [6.07, 6.45) is 5.05. The number of nitrogens with two attached hydrogens (primary N) is 2. The summed E-state index contributed by atoms with van der Waals surface area (Å²) in [5.74, 6) is 0.345. The largest absolute Gasteiger partial charge is 0.861 e. The summed E-state index contributed by atoms with van der Waals surface area (Å²) in [5.41, 5.74) is 11.2. The molecular weight excluding hydrogens is 332 g/mol. The zero-order valence-corrected chi connectivity index (χ0v) is 13.8. The van der Waals surface area contributed by atoms with E-state index in [4.69, 9.17) is 16.0 Å². The van der Waals surface area contributed by atoms with E-state index in [1.807, 2.05) is 0 Å². The molecule has 0 aromatic carbocycles.